The molecule has 0 saturated heterocycles. The fourth-order valence-electron chi connectivity index (χ4n) is 2.82. The van der Waals surface area contributed by atoms with E-state index in [1.807, 2.05) is 6.07 Å². The van der Waals surface area contributed by atoms with Crippen molar-refractivity contribution >= 4 is 0 Å². The van der Waals surface area contributed by atoms with Crippen molar-refractivity contribution in [2.75, 3.05) is 6.54 Å². The molecule has 90 valence electrons. The molecule has 1 fully saturated rings. The first-order valence-corrected chi connectivity index (χ1v) is 6.50. The molecule has 0 aliphatic heterocycles. The zero-order chi connectivity index (χ0) is 12.1. The first kappa shape index (κ1) is 12.1. The summed E-state index contributed by atoms with van der Waals surface area (Å²) in [7, 11) is 0. The Labute approximate surface area is 104 Å². The van der Waals surface area contributed by atoms with E-state index in [0.29, 0.717) is 18.6 Å². The monoisotopic (exact) mass is 228 g/mol. The molecule has 1 atom stereocenters. The van der Waals surface area contributed by atoms with Gasteiger partial charge in [-0.15, -0.1) is 0 Å². The summed E-state index contributed by atoms with van der Waals surface area (Å²) >= 11 is 0. The fraction of sp³-hybridized carbons (Fsp3) is 0.533. The number of rotatable bonds is 4. The lowest BCUT2D eigenvalue weighted by molar-refractivity contribution is 0.166. The molecular formula is C15H20N2. The highest BCUT2D eigenvalue weighted by Gasteiger charge is 2.26. The molecule has 1 aliphatic rings. The van der Waals surface area contributed by atoms with E-state index < -0.39 is 0 Å². The molecular weight excluding hydrogens is 208 g/mol. The highest BCUT2D eigenvalue weighted by Crippen LogP contribution is 2.30. The third-order valence-corrected chi connectivity index (χ3v) is 3.83. The van der Waals surface area contributed by atoms with Gasteiger partial charge >= 0.3 is 0 Å². The van der Waals surface area contributed by atoms with Gasteiger partial charge in [0.05, 0.1) is 12.6 Å². The number of nitrogens with zero attached hydrogens (tertiary/aromatic N) is 2. The molecule has 0 aromatic heterocycles. The van der Waals surface area contributed by atoms with Crippen molar-refractivity contribution in [3.05, 3.63) is 35.9 Å². The summed E-state index contributed by atoms with van der Waals surface area (Å²) in [6, 6.07) is 13.8. The fourth-order valence-corrected chi connectivity index (χ4v) is 2.82. The van der Waals surface area contributed by atoms with Crippen molar-refractivity contribution in [2.45, 2.75) is 44.7 Å². The van der Waals surface area contributed by atoms with Gasteiger partial charge in [-0.2, -0.15) is 5.26 Å². The van der Waals surface area contributed by atoms with Crippen molar-refractivity contribution < 1.29 is 0 Å². The van der Waals surface area contributed by atoms with Gasteiger partial charge in [0, 0.05) is 12.1 Å². The lowest BCUT2D eigenvalue weighted by Crippen LogP contribution is -2.35. The van der Waals surface area contributed by atoms with E-state index in [4.69, 9.17) is 5.26 Å². The minimum atomic E-state index is 0.346. The van der Waals surface area contributed by atoms with Gasteiger partial charge in [-0.3, -0.25) is 4.90 Å². The summed E-state index contributed by atoms with van der Waals surface area (Å²) in [5.74, 6) is 0. The molecule has 1 aromatic rings. The molecule has 17 heavy (non-hydrogen) atoms. The molecule has 0 spiro atoms. The summed E-state index contributed by atoms with van der Waals surface area (Å²) in [6.45, 7) is 2.76. The highest BCUT2D eigenvalue weighted by molar-refractivity contribution is 5.19. The Morgan fingerprint density at radius 1 is 1.29 bits per heavy atom. The lowest BCUT2D eigenvalue weighted by Gasteiger charge is -2.32. The van der Waals surface area contributed by atoms with Crippen molar-refractivity contribution in [1.82, 2.24) is 4.90 Å². The molecule has 0 amide bonds. The quantitative estimate of drug-likeness (QED) is 0.737. The molecule has 0 N–H and O–H groups in total. The molecule has 0 radical (unpaired) electrons. The van der Waals surface area contributed by atoms with Crippen molar-refractivity contribution in [1.29, 1.82) is 5.26 Å². The molecule has 1 aliphatic carbocycles. The lowest BCUT2D eigenvalue weighted by atomic mass is 10.0. The maximum absolute atomic E-state index is 9.00. The number of hydrogen-bond acceptors (Lipinski definition) is 2. The average molecular weight is 228 g/mol. The second-order valence-electron chi connectivity index (χ2n) is 4.86. The largest absolute Gasteiger partial charge is 0.281 e. The topological polar surface area (TPSA) is 27.0 Å². The Kier molecular flexibility index (Phi) is 4.17. The molecule has 0 heterocycles. The molecule has 2 heteroatoms. The maximum atomic E-state index is 9.00. The van der Waals surface area contributed by atoms with Crippen LogP contribution in [0, 0.1) is 11.3 Å². The second-order valence-corrected chi connectivity index (χ2v) is 4.86. The Balaban J connectivity index is 2.13. The predicted octanol–water partition coefficient (Wildman–Crippen LogP) is 3.52. The van der Waals surface area contributed by atoms with E-state index in [1.165, 1.54) is 31.2 Å². The second kappa shape index (κ2) is 5.84. The number of nitriles is 1. The summed E-state index contributed by atoms with van der Waals surface area (Å²) in [6.07, 6.45) is 5.12. The Morgan fingerprint density at radius 3 is 2.53 bits per heavy atom. The van der Waals surface area contributed by atoms with Crippen molar-refractivity contribution in [3.8, 4) is 6.07 Å². The number of benzene rings is 1. The van der Waals surface area contributed by atoms with E-state index in [-0.39, 0.29) is 0 Å². The zero-order valence-electron chi connectivity index (χ0n) is 10.5. The summed E-state index contributed by atoms with van der Waals surface area (Å²) in [5, 5.41) is 9.00. The first-order valence-electron chi connectivity index (χ1n) is 6.50. The van der Waals surface area contributed by atoms with Gasteiger partial charge in [0.2, 0.25) is 0 Å². The van der Waals surface area contributed by atoms with E-state index >= 15 is 0 Å². The maximum Gasteiger partial charge on any atom is 0.0873 e. The molecule has 0 bridgehead atoms. The Bertz CT molecular complexity index is 374. The van der Waals surface area contributed by atoms with Crippen LogP contribution in [0.4, 0.5) is 0 Å². The van der Waals surface area contributed by atoms with Gasteiger partial charge < -0.3 is 0 Å². The van der Waals surface area contributed by atoms with Crippen molar-refractivity contribution in [2.24, 2.45) is 0 Å². The third-order valence-electron chi connectivity index (χ3n) is 3.83. The van der Waals surface area contributed by atoms with Crippen LogP contribution in [-0.4, -0.2) is 17.5 Å². The third kappa shape index (κ3) is 2.87. The molecule has 2 nitrogen and oxygen atoms in total. The number of hydrogen-bond donors (Lipinski definition) is 0. The molecule has 1 saturated carbocycles. The molecule has 1 unspecified atom stereocenters. The van der Waals surface area contributed by atoms with E-state index in [9.17, 15) is 0 Å². The minimum Gasteiger partial charge on any atom is -0.281 e. The van der Waals surface area contributed by atoms with Gasteiger partial charge in [0.15, 0.2) is 0 Å². The highest BCUT2D eigenvalue weighted by atomic mass is 15.2. The van der Waals surface area contributed by atoms with Crippen LogP contribution >= 0.6 is 0 Å². The van der Waals surface area contributed by atoms with Crippen LogP contribution in [0.15, 0.2) is 30.3 Å². The van der Waals surface area contributed by atoms with Crippen LogP contribution < -0.4 is 0 Å². The minimum absolute atomic E-state index is 0.346. The standard InChI is InChI=1S/C15H20N2/c1-13(14-7-3-2-4-8-14)17(12-11-16)15-9-5-6-10-15/h2-4,7-8,13,15H,5-6,9-10,12H2,1H3. The summed E-state index contributed by atoms with van der Waals surface area (Å²) < 4.78 is 0. The smallest absolute Gasteiger partial charge is 0.0873 e. The normalized spacial score (nSPS) is 18.2. The molecule has 2 rings (SSSR count). The average Bonchev–Trinajstić information content (AvgIpc) is 2.90. The summed E-state index contributed by atoms with van der Waals surface area (Å²) in [5.41, 5.74) is 1.31. The SMILES string of the molecule is CC(c1ccccc1)N(CC#N)C1CCCC1. The summed E-state index contributed by atoms with van der Waals surface area (Å²) in [4.78, 5) is 2.36. The Hall–Kier alpha value is -1.33. The van der Waals surface area contributed by atoms with E-state index in [1.54, 1.807) is 0 Å². The molecule has 1 aromatic carbocycles. The van der Waals surface area contributed by atoms with Crippen LogP contribution in [0.2, 0.25) is 0 Å². The van der Waals surface area contributed by atoms with Crippen LogP contribution in [0.25, 0.3) is 0 Å². The van der Waals surface area contributed by atoms with Gasteiger partial charge in [-0.1, -0.05) is 43.2 Å². The Morgan fingerprint density at radius 2 is 1.94 bits per heavy atom. The van der Waals surface area contributed by atoms with Gasteiger partial charge in [0.1, 0.15) is 0 Å². The van der Waals surface area contributed by atoms with Crippen LogP contribution in [0.5, 0.6) is 0 Å². The van der Waals surface area contributed by atoms with Crippen LogP contribution in [0.1, 0.15) is 44.2 Å². The van der Waals surface area contributed by atoms with Gasteiger partial charge in [-0.05, 0) is 25.3 Å². The van der Waals surface area contributed by atoms with Crippen LogP contribution in [-0.2, 0) is 0 Å². The predicted molar refractivity (Wildman–Crippen MR) is 69.4 cm³/mol. The zero-order valence-corrected chi connectivity index (χ0v) is 10.5. The first-order chi connectivity index (χ1) is 8.33. The van der Waals surface area contributed by atoms with E-state index in [0.717, 1.165) is 0 Å². The van der Waals surface area contributed by atoms with Gasteiger partial charge in [0.25, 0.3) is 0 Å². The van der Waals surface area contributed by atoms with Gasteiger partial charge in [-0.25, -0.2) is 0 Å². The van der Waals surface area contributed by atoms with Crippen molar-refractivity contribution in [3.63, 3.8) is 0 Å². The van der Waals surface area contributed by atoms with E-state index in [2.05, 4.69) is 42.2 Å². The van der Waals surface area contributed by atoms with Crippen LogP contribution in [0.3, 0.4) is 0 Å².